The zero-order valence-corrected chi connectivity index (χ0v) is 14.2. The van der Waals surface area contributed by atoms with Gasteiger partial charge in [-0.25, -0.2) is 0 Å². The summed E-state index contributed by atoms with van der Waals surface area (Å²) in [5.74, 6) is 0.0772. The van der Waals surface area contributed by atoms with Crippen molar-refractivity contribution in [1.82, 2.24) is 10.7 Å². The normalized spacial score (nSPS) is 27.6. The van der Waals surface area contributed by atoms with Gasteiger partial charge >= 0.3 is 0 Å². The van der Waals surface area contributed by atoms with E-state index in [1.807, 2.05) is 6.92 Å². The van der Waals surface area contributed by atoms with E-state index in [-0.39, 0.29) is 11.4 Å². The average molecular weight is 296 g/mol. The number of amides is 1. The van der Waals surface area contributed by atoms with Crippen LogP contribution in [0.1, 0.15) is 85.5 Å². The predicted molar refractivity (Wildman–Crippen MR) is 85.8 cm³/mol. The van der Waals surface area contributed by atoms with Gasteiger partial charge in [-0.3, -0.25) is 10.2 Å². The summed E-state index contributed by atoms with van der Waals surface area (Å²) < 4.78 is 0. The van der Waals surface area contributed by atoms with Crippen LogP contribution in [0.15, 0.2) is 10.3 Å². The molecule has 0 aliphatic carbocycles. The van der Waals surface area contributed by atoms with Crippen LogP contribution in [0, 0.1) is 0 Å². The SMILES string of the molecule is CCCCCCC1(CC)NN=NC1(CC)NC(=O)CCC. The minimum atomic E-state index is -0.583. The molecule has 0 aromatic carbocycles. The third-order valence-electron chi connectivity index (χ3n) is 4.67. The number of rotatable bonds is 10. The fraction of sp³-hybridized carbons (Fsp3) is 0.938. The molecule has 0 fully saturated rings. The van der Waals surface area contributed by atoms with E-state index in [9.17, 15) is 4.79 Å². The number of nitrogens with one attached hydrogen (secondary N) is 2. The molecule has 1 amide bonds. The topological polar surface area (TPSA) is 65.8 Å². The molecule has 0 saturated carbocycles. The lowest BCUT2D eigenvalue weighted by molar-refractivity contribution is -0.124. The maximum Gasteiger partial charge on any atom is 0.221 e. The van der Waals surface area contributed by atoms with Crippen LogP contribution >= 0.6 is 0 Å². The summed E-state index contributed by atoms with van der Waals surface area (Å²) in [4.78, 5) is 12.1. The highest BCUT2D eigenvalue weighted by molar-refractivity contribution is 5.77. The van der Waals surface area contributed by atoms with Gasteiger partial charge < -0.3 is 5.32 Å². The molecule has 2 atom stereocenters. The number of nitrogens with zero attached hydrogens (tertiary/aromatic N) is 2. The third-order valence-corrected chi connectivity index (χ3v) is 4.67. The highest BCUT2D eigenvalue weighted by atomic mass is 16.2. The van der Waals surface area contributed by atoms with E-state index >= 15 is 0 Å². The molecule has 0 saturated heterocycles. The maximum absolute atomic E-state index is 12.1. The van der Waals surface area contributed by atoms with Crippen LogP contribution in [-0.2, 0) is 4.79 Å². The molecule has 1 aliphatic heterocycles. The first-order valence-corrected chi connectivity index (χ1v) is 8.59. The first-order valence-electron chi connectivity index (χ1n) is 8.59. The molecule has 5 heteroatoms. The molecular weight excluding hydrogens is 264 g/mol. The molecule has 0 radical (unpaired) electrons. The van der Waals surface area contributed by atoms with Gasteiger partial charge in [-0.1, -0.05) is 58.6 Å². The van der Waals surface area contributed by atoms with Gasteiger partial charge in [-0.15, -0.1) is 5.11 Å². The van der Waals surface area contributed by atoms with Crippen LogP contribution in [0.4, 0.5) is 0 Å². The van der Waals surface area contributed by atoms with Crippen molar-refractivity contribution in [2.45, 2.75) is 96.7 Å². The van der Waals surface area contributed by atoms with E-state index in [4.69, 9.17) is 0 Å². The highest BCUT2D eigenvalue weighted by Gasteiger charge is 2.53. The van der Waals surface area contributed by atoms with Crippen molar-refractivity contribution in [2.24, 2.45) is 10.3 Å². The second-order valence-corrected chi connectivity index (χ2v) is 6.07. The third kappa shape index (κ3) is 3.95. The Morgan fingerprint density at radius 1 is 1.05 bits per heavy atom. The van der Waals surface area contributed by atoms with Crippen molar-refractivity contribution < 1.29 is 4.79 Å². The molecule has 0 aromatic heterocycles. The highest BCUT2D eigenvalue weighted by Crippen LogP contribution is 2.39. The lowest BCUT2D eigenvalue weighted by Crippen LogP contribution is -2.64. The summed E-state index contributed by atoms with van der Waals surface area (Å²) >= 11 is 0. The van der Waals surface area contributed by atoms with E-state index in [0.29, 0.717) is 6.42 Å². The van der Waals surface area contributed by atoms with Gasteiger partial charge in [0.2, 0.25) is 5.91 Å². The average Bonchev–Trinajstić information content (AvgIpc) is 2.83. The van der Waals surface area contributed by atoms with E-state index in [0.717, 1.165) is 32.1 Å². The van der Waals surface area contributed by atoms with Crippen molar-refractivity contribution in [3.63, 3.8) is 0 Å². The second kappa shape index (κ2) is 8.35. The summed E-state index contributed by atoms with van der Waals surface area (Å²) in [5, 5.41) is 11.7. The number of hydrogen-bond acceptors (Lipinski definition) is 4. The summed E-state index contributed by atoms with van der Waals surface area (Å²) in [7, 11) is 0. The maximum atomic E-state index is 12.1. The summed E-state index contributed by atoms with van der Waals surface area (Å²) in [6.45, 7) is 8.47. The van der Waals surface area contributed by atoms with Gasteiger partial charge in [0.1, 0.15) is 5.54 Å². The summed E-state index contributed by atoms with van der Waals surface area (Å²) in [6, 6.07) is 0. The van der Waals surface area contributed by atoms with Gasteiger partial charge in [-0.05, 0) is 25.7 Å². The number of unbranched alkanes of at least 4 members (excludes halogenated alkanes) is 3. The lowest BCUT2D eigenvalue weighted by Gasteiger charge is -2.42. The first kappa shape index (κ1) is 17.9. The Morgan fingerprint density at radius 3 is 2.38 bits per heavy atom. The van der Waals surface area contributed by atoms with Crippen LogP contribution in [0.5, 0.6) is 0 Å². The molecule has 0 spiro atoms. The molecule has 1 aliphatic rings. The van der Waals surface area contributed by atoms with Crippen molar-refractivity contribution >= 4 is 5.91 Å². The molecular formula is C16H32N4O. The fourth-order valence-electron chi connectivity index (χ4n) is 3.22. The van der Waals surface area contributed by atoms with Gasteiger partial charge in [-0.2, -0.15) is 0 Å². The van der Waals surface area contributed by atoms with Crippen molar-refractivity contribution in [3.05, 3.63) is 0 Å². The zero-order chi connectivity index (χ0) is 15.8. The largest absolute Gasteiger partial charge is 0.328 e. The predicted octanol–water partition coefficient (Wildman–Crippen LogP) is 4.10. The molecule has 0 aromatic rings. The van der Waals surface area contributed by atoms with Gasteiger partial charge in [0.15, 0.2) is 5.66 Å². The van der Waals surface area contributed by atoms with Crippen LogP contribution in [0.3, 0.4) is 0 Å². The molecule has 21 heavy (non-hydrogen) atoms. The lowest BCUT2D eigenvalue weighted by atomic mass is 9.76. The molecule has 2 N–H and O–H groups in total. The monoisotopic (exact) mass is 296 g/mol. The van der Waals surface area contributed by atoms with Crippen molar-refractivity contribution in [2.75, 3.05) is 0 Å². The first-order chi connectivity index (χ1) is 10.1. The second-order valence-electron chi connectivity index (χ2n) is 6.07. The summed E-state index contributed by atoms with van der Waals surface area (Å²) in [5.41, 5.74) is 2.41. The standard InChI is InChI=1S/C16H32N4O/c1-5-9-10-11-13-15(7-3)16(8-4,19-20-18-15)17-14(21)12-6-2/h5-13H2,1-4H3,(H,17,21)(H,18,19). The van der Waals surface area contributed by atoms with Crippen molar-refractivity contribution in [3.8, 4) is 0 Å². The smallest absolute Gasteiger partial charge is 0.221 e. The quantitative estimate of drug-likeness (QED) is 0.596. The Labute approximate surface area is 129 Å². The minimum Gasteiger partial charge on any atom is -0.328 e. The zero-order valence-electron chi connectivity index (χ0n) is 14.2. The number of carbonyl (C=O) groups excluding carboxylic acids is 1. The number of carbonyl (C=O) groups is 1. The van der Waals surface area contributed by atoms with Crippen molar-refractivity contribution in [1.29, 1.82) is 0 Å². The molecule has 1 heterocycles. The van der Waals surface area contributed by atoms with Crippen LogP contribution < -0.4 is 10.7 Å². The number of hydrogen-bond donors (Lipinski definition) is 2. The van der Waals surface area contributed by atoms with Gasteiger partial charge in [0.05, 0.1) is 0 Å². The Balaban J connectivity index is 2.81. The van der Waals surface area contributed by atoms with Crippen LogP contribution in [0.25, 0.3) is 0 Å². The van der Waals surface area contributed by atoms with Gasteiger partial charge in [0, 0.05) is 6.42 Å². The minimum absolute atomic E-state index is 0.0772. The van der Waals surface area contributed by atoms with E-state index < -0.39 is 5.66 Å². The van der Waals surface area contributed by atoms with Gasteiger partial charge in [0.25, 0.3) is 0 Å². The molecule has 2 unspecified atom stereocenters. The van der Waals surface area contributed by atoms with E-state index in [1.54, 1.807) is 0 Å². The van der Waals surface area contributed by atoms with Crippen LogP contribution in [-0.4, -0.2) is 17.1 Å². The molecule has 1 rings (SSSR count). The Bertz CT molecular complexity index is 358. The molecule has 5 nitrogen and oxygen atoms in total. The molecule has 122 valence electrons. The van der Waals surface area contributed by atoms with Crippen LogP contribution in [0.2, 0.25) is 0 Å². The Hall–Kier alpha value is -1.13. The Kier molecular flexibility index (Phi) is 7.12. The Morgan fingerprint density at radius 2 is 1.81 bits per heavy atom. The summed E-state index contributed by atoms with van der Waals surface area (Å²) in [6.07, 6.45) is 8.93. The molecule has 0 bridgehead atoms. The van der Waals surface area contributed by atoms with E-state index in [2.05, 4.69) is 41.9 Å². The van der Waals surface area contributed by atoms with E-state index in [1.165, 1.54) is 19.3 Å². The fourth-order valence-corrected chi connectivity index (χ4v) is 3.22.